The van der Waals surface area contributed by atoms with Gasteiger partial charge in [0.25, 0.3) is 0 Å². The molecule has 18 heavy (non-hydrogen) atoms. The van der Waals surface area contributed by atoms with Crippen molar-refractivity contribution in [2.45, 2.75) is 25.4 Å². The van der Waals surface area contributed by atoms with Crippen molar-refractivity contribution < 1.29 is 9.84 Å². The van der Waals surface area contributed by atoms with Gasteiger partial charge in [0.1, 0.15) is 5.75 Å². The lowest BCUT2D eigenvalue weighted by atomic mass is 10.1. The number of benzene rings is 1. The number of hydrogen-bond acceptors (Lipinski definition) is 4. The number of ether oxygens (including phenoxy) is 1. The van der Waals surface area contributed by atoms with Gasteiger partial charge in [-0.25, -0.2) is 0 Å². The van der Waals surface area contributed by atoms with Crippen LogP contribution in [0.15, 0.2) is 24.3 Å². The number of aliphatic hydroxyl groups excluding tert-OH is 1. The largest absolute Gasteiger partial charge is 0.497 e. The molecule has 2 unspecified atom stereocenters. The van der Waals surface area contributed by atoms with Crippen LogP contribution < -0.4 is 15.0 Å². The van der Waals surface area contributed by atoms with Crippen LogP contribution in [0.2, 0.25) is 0 Å². The Morgan fingerprint density at radius 2 is 2.11 bits per heavy atom. The Morgan fingerprint density at radius 1 is 1.39 bits per heavy atom. The minimum absolute atomic E-state index is 0.239. The molecule has 1 saturated heterocycles. The zero-order chi connectivity index (χ0) is 13.0. The molecule has 1 fully saturated rings. The van der Waals surface area contributed by atoms with E-state index in [4.69, 9.17) is 9.84 Å². The van der Waals surface area contributed by atoms with Crippen molar-refractivity contribution >= 4 is 5.69 Å². The number of methoxy groups -OCH3 is 1. The normalized spacial score (nSPS) is 24.1. The molecular formula is C14H22N2O2. The molecule has 0 amide bonds. The van der Waals surface area contributed by atoms with Crippen molar-refractivity contribution in [3.8, 4) is 5.75 Å². The summed E-state index contributed by atoms with van der Waals surface area (Å²) in [6.07, 6.45) is 0.805. The monoisotopic (exact) mass is 250 g/mol. The Morgan fingerprint density at radius 3 is 2.72 bits per heavy atom. The summed E-state index contributed by atoms with van der Waals surface area (Å²) in [5.74, 6) is 0.883. The minimum Gasteiger partial charge on any atom is -0.497 e. The molecule has 1 aromatic carbocycles. The van der Waals surface area contributed by atoms with Crippen molar-refractivity contribution in [3.05, 3.63) is 24.3 Å². The summed E-state index contributed by atoms with van der Waals surface area (Å²) in [4.78, 5) is 2.39. The SMILES string of the molecule is COc1ccc(N2CC(CCO)NCC2C)cc1. The zero-order valence-corrected chi connectivity index (χ0v) is 11.1. The molecule has 1 aromatic rings. The fourth-order valence-electron chi connectivity index (χ4n) is 2.41. The van der Waals surface area contributed by atoms with E-state index in [1.165, 1.54) is 5.69 Å². The first-order chi connectivity index (χ1) is 8.74. The minimum atomic E-state index is 0.239. The van der Waals surface area contributed by atoms with E-state index in [1.807, 2.05) is 12.1 Å². The second-order valence-corrected chi connectivity index (χ2v) is 4.82. The first-order valence-electron chi connectivity index (χ1n) is 6.49. The van der Waals surface area contributed by atoms with E-state index in [1.54, 1.807) is 7.11 Å². The Hall–Kier alpha value is -1.26. The lowest BCUT2D eigenvalue weighted by Gasteiger charge is -2.40. The molecule has 0 spiro atoms. The van der Waals surface area contributed by atoms with Crippen molar-refractivity contribution in [2.75, 3.05) is 31.7 Å². The fraction of sp³-hybridized carbons (Fsp3) is 0.571. The summed E-state index contributed by atoms with van der Waals surface area (Å²) in [6.45, 7) is 4.35. The maximum Gasteiger partial charge on any atom is 0.119 e. The molecule has 2 rings (SSSR count). The number of nitrogens with zero attached hydrogens (tertiary/aromatic N) is 1. The molecule has 0 aromatic heterocycles. The second kappa shape index (κ2) is 6.07. The summed E-state index contributed by atoms with van der Waals surface area (Å²) in [6, 6.07) is 9.01. The summed E-state index contributed by atoms with van der Waals surface area (Å²) < 4.78 is 5.18. The van der Waals surface area contributed by atoms with Gasteiger partial charge in [-0.15, -0.1) is 0 Å². The van der Waals surface area contributed by atoms with Crippen LogP contribution in [0, 0.1) is 0 Å². The van der Waals surface area contributed by atoms with E-state index < -0.39 is 0 Å². The number of rotatable bonds is 4. The van der Waals surface area contributed by atoms with Crippen molar-refractivity contribution in [1.82, 2.24) is 5.32 Å². The maximum absolute atomic E-state index is 9.03. The van der Waals surface area contributed by atoms with Gasteiger partial charge in [0.05, 0.1) is 7.11 Å². The number of piperazine rings is 1. The standard InChI is InChI=1S/C14H22N2O2/c1-11-9-15-12(7-8-17)10-16(11)13-3-5-14(18-2)6-4-13/h3-6,11-12,15,17H,7-10H2,1-2H3. The number of hydrogen-bond donors (Lipinski definition) is 2. The Bertz CT molecular complexity index is 367. The molecular weight excluding hydrogens is 228 g/mol. The van der Waals surface area contributed by atoms with Crippen LogP contribution in [0.25, 0.3) is 0 Å². The van der Waals surface area contributed by atoms with Crippen molar-refractivity contribution in [1.29, 1.82) is 0 Å². The first-order valence-corrected chi connectivity index (χ1v) is 6.49. The average Bonchev–Trinajstić information content (AvgIpc) is 2.41. The highest BCUT2D eigenvalue weighted by Gasteiger charge is 2.24. The zero-order valence-electron chi connectivity index (χ0n) is 11.1. The van der Waals surface area contributed by atoms with Gasteiger partial charge in [-0.05, 0) is 37.6 Å². The van der Waals surface area contributed by atoms with Gasteiger partial charge in [0, 0.05) is 37.5 Å². The van der Waals surface area contributed by atoms with Crippen LogP contribution in [-0.2, 0) is 0 Å². The summed E-state index contributed by atoms with van der Waals surface area (Å²) in [5, 5.41) is 12.5. The number of aliphatic hydroxyl groups is 1. The van der Waals surface area contributed by atoms with E-state index in [0.29, 0.717) is 12.1 Å². The third kappa shape index (κ3) is 2.94. The van der Waals surface area contributed by atoms with Crippen LogP contribution >= 0.6 is 0 Å². The van der Waals surface area contributed by atoms with E-state index >= 15 is 0 Å². The fourth-order valence-corrected chi connectivity index (χ4v) is 2.41. The number of nitrogens with one attached hydrogen (secondary N) is 1. The molecule has 4 heteroatoms. The molecule has 0 bridgehead atoms. The van der Waals surface area contributed by atoms with Crippen LogP contribution in [-0.4, -0.2) is 44.0 Å². The Balaban J connectivity index is 2.08. The molecule has 4 nitrogen and oxygen atoms in total. The molecule has 100 valence electrons. The smallest absolute Gasteiger partial charge is 0.119 e. The molecule has 0 radical (unpaired) electrons. The summed E-state index contributed by atoms with van der Waals surface area (Å²) >= 11 is 0. The Labute approximate surface area is 109 Å². The predicted octanol–water partition coefficient (Wildman–Crippen LogP) is 1.24. The van der Waals surface area contributed by atoms with Crippen molar-refractivity contribution in [2.24, 2.45) is 0 Å². The lowest BCUT2D eigenvalue weighted by molar-refractivity contribution is 0.254. The topological polar surface area (TPSA) is 44.7 Å². The summed E-state index contributed by atoms with van der Waals surface area (Å²) in [5.41, 5.74) is 1.22. The highest BCUT2D eigenvalue weighted by atomic mass is 16.5. The highest BCUT2D eigenvalue weighted by molar-refractivity contribution is 5.50. The van der Waals surface area contributed by atoms with Gasteiger partial charge in [0.2, 0.25) is 0 Å². The molecule has 1 heterocycles. The maximum atomic E-state index is 9.03. The van der Waals surface area contributed by atoms with Gasteiger partial charge in [-0.1, -0.05) is 0 Å². The molecule has 0 aliphatic carbocycles. The third-order valence-electron chi connectivity index (χ3n) is 3.53. The highest BCUT2D eigenvalue weighted by Crippen LogP contribution is 2.23. The second-order valence-electron chi connectivity index (χ2n) is 4.82. The van der Waals surface area contributed by atoms with Crippen LogP contribution in [0.1, 0.15) is 13.3 Å². The molecule has 1 aliphatic heterocycles. The predicted molar refractivity (Wildman–Crippen MR) is 73.3 cm³/mol. The van der Waals surface area contributed by atoms with Crippen LogP contribution in [0.5, 0.6) is 5.75 Å². The van der Waals surface area contributed by atoms with Crippen LogP contribution in [0.3, 0.4) is 0 Å². The Kier molecular flexibility index (Phi) is 4.44. The van der Waals surface area contributed by atoms with E-state index in [9.17, 15) is 0 Å². The van der Waals surface area contributed by atoms with Crippen molar-refractivity contribution in [3.63, 3.8) is 0 Å². The van der Waals surface area contributed by atoms with E-state index in [2.05, 4.69) is 29.3 Å². The average molecular weight is 250 g/mol. The molecule has 0 saturated carbocycles. The molecule has 2 N–H and O–H groups in total. The van der Waals surface area contributed by atoms with Gasteiger partial charge in [0.15, 0.2) is 0 Å². The quantitative estimate of drug-likeness (QED) is 0.844. The van der Waals surface area contributed by atoms with E-state index in [0.717, 1.165) is 25.3 Å². The first kappa shape index (κ1) is 13.2. The van der Waals surface area contributed by atoms with Crippen LogP contribution in [0.4, 0.5) is 5.69 Å². The van der Waals surface area contributed by atoms with Gasteiger partial charge in [-0.3, -0.25) is 0 Å². The van der Waals surface area contributed by atoms with Gasteiger partial charge >= 0.3 is 0 Å². The van der Waals surface area contributed by atoms with Gasteiger partial charge in [-0.2, -0.15) is 0 Å². The molecule has 1 aliphatic rings. The van der Waals surface area contributed by atoms with E-state index in [-0.39, 0.29) is 6.61 Å². The number of anilines is 1. The summed E-state index contributed by atoms with van der Waals surface area (Å²) in [7, 11) is 1.68. The lowest BCUT2D eigenvalue weighted by Crippen LogP contribution is -2.55. The molecule has 2 atom stereocenters. The van der Waals surface area contributed by atoms with Gasteiger partial charge < -0.3 is 20.1 Å². The third-order valence-corrected chi connectivity index (χ3v) is 3.53.